The maximum atomic E-state index is 12.4. The maximum absolute atomic E-state index is 12.4. The topological polar surface area (TPSA) is 9.23 Å². The first-order valence-electron chi connectivity index (χ1n) is 4.32. The quantitative estimate of drug-likeness (QED) is 0.628. The fourth-order valence-electron chi connectivity index (χ4n) is 1.66. The van der Waals surface area contributed by atoms with Gasteiger partial charge in [-0.05, 0) is 24.6 Å². The summed E-state index contributed by atoms with van der Waals surface area (Å²) in [5.41, 5.74) is 0.931. The van der Waals surface area contributed by atoms with Gasteiger partial charge in [-0.2, -0.15) is 13.2 Å². The normalized spacial score (nSPS) is 15.1. The van der Waals surface area contributed by atoms with E-state index in [1.807, 2.05) is 0 Å². The number of aryl methyl sites for hydroxylation is 1. The molecule has 14 heavy (non-hydrogen) atoms. The summed E-state index contributed by atoms with van der Waals surface area (Å²) < 4.78 is 42.3. The summed E-state index contributed by atoms with van der Waals surface area (Å²) in [6.45, 7) is 2.17. The van der Waals surface area contributed by atoms with E-state index >= 15 is 0 Å². The molecule has 0 bridgehead atoms. The van der Waals surface area contributed by atoms with Crippen LogP contribution in [0.15, 0.2) is 12.1 Å². The molecular weight excluding hydrogens is 193 g/mol. The standard InChI is InChI=1S/C10H9F3O/c1-6-4-7(10(11,12)13)5-9-8(6)2-3-14-9/h4-5H,2-3H2,1H3. The van der Waals surface area contributed by atoms with Gasteiger partial charge in [0.05, 0.1) is 12.2 Å². The lowest BCUT2D eigenvalue weighted by Gasteiger charge is -2.10. The highest BCUT2D eigenvalue weighted by Crippen LogP contribution is 2.36. The number of ether oxygens (including phenoxy) is 1. The number of benzene rings is 1. The molecule has 0 fully saturated rings. The summed E-state index contributed by atoms with van der Waals surface area (Å²) in [7, 11) is 0. The summed E-state index contributed by atoms with van der Waals surface area (Å²) in [5.74, 6) is 0.386. The second-order valence-electron chi connectivity index (χ2n) is 3.37. The third kappa shape index (κ3) is 1.45. The molecule has 0 amide bonds. The van der Waals surface area contributed by atoms with E-state index in [9.17, 15) is 13.2 Å². The fraction of sp³-hybridized carbons (Fsp3) is 0.400. The molecule has 1 aliphatic heterocycles. The highest BCUT2D eigenvalue weighted by Gasteiger charge is 2.32. The van der Waals surface area contributed by atoms with Gasteiger partial charge in [-0.25, -0.2) is 0 Å². The molecule has 0 N–H and O–H groups in total. The van der Waals surface area contributed by atoms with Crippen LogP contribution in [0.3, 0.4) is 0 Å². The molecule has 1 aromatic carbocycles. The van der Waals surface area contributed by atoms with Crippen LogP contribution in [0.2, 0.25) is 0 Å². The third-order valence-corrected chi connectivity index (χ3v) is 2.37. The van der Waals surface area contributed by atoms with Gasteiger partial charge in [0.1, 0.15) is 5.75 Å². The first kappa shape index (κ1) is 9.37. The van der Waals surface area contributed by atoms with Crippen molar-refractivity contribution in [2.45, 2.75) is 19.5 Å². The van der Waals surface area contributed by atoms with Crippen molar-refractivity contribution >= 4 is 0 Å². The van der Waals surface area contributed by atoms with Gasteiger partial charge in [-0.3, -0.25) is 0 Å². The van der Waals surface area contributed by atoms with Crippen molar-refractivity contribution in [2.24, 2.45) is 0 Å². The van der Waals surface area contributed by atoms with Crippen LogP contribution in [-0.2, 0) is 12.6 Å². The zero-order valence-corrected chi connectivity index (χ0v) is 7.61. The molecule has 76 valence electrons. The van der Waals surface area contributed by atoms with Gasteiger partial charge < -0.3 is 4.74 Å². The Morgan fingerprint density at radius 2 is 2.00 bits per heavy atom. The van der Waals surface area contributed by atoms with Crippen molar-refractivity contribution in [3.05, 3.63) is 28.8 Å². The third-order valence-electron chi connectivity index (χ3n) is 2.37. The van der Waals surface area contributed by atoms with Crippen molar-refractivity contribution in [2.75, 3.05) is 6.61 Å². The van der Waals surface area contributed by atoms with E-state index in [2.05, 4.69) is 0 Å². The largest absolute Gasteiger partial charge is 0.493 e. The highest BCUT2D eigenvalue weighted by atomic mass is 19.4. The molecule has 1 heterocycles. The van der Waals surface area contributed by atoms with E-state index in [-0.39, 0.29) is 0 Å². The zero-order valence-electron chi connectivity index (χ0n) is 7.61. The van der Waals surface area contributed by atoms with Gasteiger partial charge in [-0.1, -0.05) is 0 Å². The highest BCUT2D eigenvalue weighted by molar-refractivity contribution is 5.46. The molecule has 0 unspecified atom stereocenters. The van der Waals surface area contributed by atoms with Crippen LogP contribution in [0.25, 0.3) is 0 Å². The van der Waals surface area contributed by atoms with Crippen molar-refractivity contribution in [1.82, 2.24) is 0 Å². The summed E-state index contributed by atoms with van der Waals surface area (Å²) in [6.07, 6.45) is -3.58. The summed E-state index contributed by atoms with van der Waals surface area (Å²) >= 11 is 0. The number of hydrogen-bond acceptors (Lipinski definition) is 1. The van der Waals surface area contributed by atoms with Crippen LogP contribution in [0.5, 0.6) is 5.75 Å². The molecule has 0 radical (unpaired) electrons. The Morgan fingerprint density at radius 1 is 1.29 bits per heavy atom. The minimum atomic E-state index is -4.29. The minimum Gasteiger partial charge on any atom is -0.493 e. The predicted molar refractivity (Wildman–Crippen MR) is 45.4 cm³/mol. The lowest BCUT2D eigenvalue weighted by Crippen LogP contribution is -2.05. The first-order valence-corrected chi connectivity index (χ1v) is 4.32. The van der Waals surface area contributed by atoms with E-state index in [1.165, 1.54) is 6.07 Å². The monoisotopic (exact) mass is 202 g/mol. The van der Waals surface area contributed by atoms with Crippen LogP contribution >= 0.6 is 0 Å². The molecule has 0 atom stereocenters. The SMILES string of the molecule is Cc1cc(C(F)(F)F)cc2c1CCO2. The van der Waals surface area contributed by atoms with E-state index < -0.39 is 11.7 Å². The fourth-order valence-corrected chi connectivity index (χ4v) is 1.66. The average molecular weight is 202 g/mol. The van der Waals surface area contributed by atoms with Crippen LogP contribution in [0.1, 0.15) is 16.7 Å². The predicted octanol–water partition coefficient (Wildman–Crippen LogP) is 2.95. The number of halogens is 3. The second kappa shape index (κ2) is 2.90. The van der Waals surface area contributed by atoms with Gasteiger partial charge in [0.2, 0.25) is 0 Å². The molecule has 1 aromatic rings. The Labute approximate surface area is 79.5 Å². The van der Waals surface area contributed by atoms with Crippen LogP contribution in [0.4, 0.5) is 13.2 Å². The molecule has 2 rings (SSSR count). The molecular formula is C10H9F3O. The van der Waals surface area contributed by atoms with E-state index in [0.717, 1.165) is 11.6 Å². The number of rotatable bonds is 0. The van der Waals surface area contributed by atoms with Gasteiger partial charge >= 0.3 is 6.18 Å². The summed E-state index contributed by atoms with van der Waals surface area (Å²) in [5, 5.41) is 0. The van der Waals surface area contributed by atoms with Crippen LogP contribution in [-0.4, -0.2) is 6.61 Å². The molecule has 4 heteroatoms. The molecule has 0 saturated heterocycles. The number of fused-ring (bicyclic) bond motifs is 1. The maximum Gasteiger partial charge on any atom is 0.416 e. The zero-order chi connectivity index (χ0) is 10.3. The van der Waals surface area contributed by atoms with Crippen LogP contribution < -0.4 is 4.74 Å². The van der Waals surface area contributed by atoms with Gasteiger partial charge in [0.15, 0.2) is 0 Å². The van der Waals surface area contributed by atoms with Gasteiger partial charge in [-0.15, -0.1) is 0 Å². The lowest BCUT2D eigenvalue weighted by molar-refractivity contribution is -0.137. The average Bonchev–Trinajstić information content (AvgIpc) is 2.50. The van der Waals surface area contributed by atoms with Crippen molar-refractivity contribution in [3.63, 3.8) is 0 Å². The van der Waals surface area contributed by atoms with Gasteiger partial charge in [0, 0.05) is 12.0 Å². The Balaban J connectivity index is 2.52. The number of hydrogen-bond donors (Lipinski definition) is 0. The molecule has 1 aliphatic rings. The first-order chi connectivity index (χ1) is 6.48. The summed E-state index contributed by atoms with van der Waals surface area (Å²) in [6, 6.07) is 2.25. The van der Waals surface area contributed by atoms with Crippen LogP contribution in [0, 0.1) is 6.92 Å². The summed E-state index contributed by atoms with van der Waals surface area (Å²) in [4.78, 5) is 0. The smallest absolute Gasteiger partial charge is 0.416 e. The van der Waals surface area contributed by atoms with Gasteiger partial charge in [0.25, 0.3) is 0 Å². The Bertz CT molecular complexity index is 368. The Morgan fingerprint density at radius 3 is 2.64 bits per heavy atom. The molecule has 0 saturated carbocycles. The Hall–Kier alpha value is -1.19. The van der Waals surface area contributed by atoms with E-state index in [0.29, 0.717) is 24.3 Å². The lowest BCUT2D eigenvalue weighted by atomic mass is 10.0. The number of alkyl halides is 3. The Kier molecular flexibility index (Phi) is 1.94. The molecule has 1 nitrogen and oxygen atoms in total. The van der Waals surface area contributed by atoms with E-state index in [1.54, 1.807) is 6.92 Å². The molecule has 0 spiro atoms. The molecule has 0 aromatic heterocycles. The van der Waals surface area contributed by atoms with E-state index in [4.69, 9.17) is 4.74 Å². The van der Waals surface area contributed by atoms with Crippen molar-refractivity contribution in [1.29, 1.82) is 0 Å². The second-order valence-corrected chi connectivity index (χ2v) is 3.37. The van der Waals surface area contributed by atoms with Crippen molar-refractivity contribution in [3.8, 4) is 5.75 Å². The van der Waals surface area contributed by atoms with Crippen molar-refractivity contribution < 1.29 is 17.9 Å². The minimum absolute atomic E-state index is 0.386. The molecule has 0 aliphatic carbocycles.